The number of ether oxygens (including phenoxy) is 1. The molecule has 0 saturated heterocycles. The Labute approximate surface area is 180 Å². The van der Waals surface area contributed by atoms with E-state index in [1.165, 1.54) is 0 Å². The molecule has 0 radical (unpaired) electrons. The molecule has 0 bridgehead atoms. The summed E-state index contributed by atoms with van der Waals surface area (Å²) in [7, 11) is 1.58. The van der Waals surface area contributed by atoms with Gasteiger partial charge in [0.05, 0.1) is 18.6 Å². The molecule has 6 nitrogen and oxygen atoms in total. The summed E-state index contributed by atoms with van der Waals surface area (Å²) in [6.45, 7) is 4.96. The number of aliphatic carboxylic acids is 1. The van der Waals surface area contributed by atoms with Gasteiger partial charge in [-0.2, -0.15) is 0 Å². The Balaban J connectivity index is 1.74. The van der Waals surface area contributed by atoms with Crippen LogP contribution in [0.3, 0.4) is 0 Å². The molecule has 1 aliphatic heterocycles. The number of hydrogen-bond donors (Lipinski definition) is 1. The van der Waals surface area contributed by atoms with E-state index in [1.807, 2.05) is 49.4 Å². The number of nitrogens with zero attached hydrogens (tertiary/aromatic N) is 3. The number of methoxy groups -OCH3 is 1. The zero-order valence-corrected chi connectivity index (χ0v) is 17.8. The molecule has 1 unspecified atom stereocenters. The first-order valence-electron chi connectivity index (χ1n) is 9.68. The van der Waals surface area contributed by atoms with E-state index in [0.717, 1.165) is 40.4 Å². The fraction of sp³-hybridized carbons (Fsp3) is 0.261. The number of rotatable bonds is 5. The number of aromatic nitrogens is 2. The van der Waals surface area contributed by atoms with Crippen molar-refractivity contribution >= 4 is 29.1 Å². The summed E-state index contributed by atoms with van der Waals surface area (Å²) < 4.78 is 5.24. The van der Waals surface area contributed by atoms with Crippen LogP contribution in [0.25, 0.3) is 11.4 Å². The van der Waals surface area contributed by atoms with Crippen molar-refractivity contribution in [1.29, 1.82) is 0 Å². The van der Waals surface area contributed by atoms with Gasteiger partial charge in [0.15, 0.2) is 5.82 Å². The predicted octanol–water partition coefficient (Wildman–Crippen LogP) is 5.00. The molecule has 0 spiro atoms. The minimum atomic E-state index is -0.839. The predicted molar refractivity (Wildman–Crippen MR) is 117 cm³/mol. The molecular formula is C23H22ClN3O3. The second kappa shape index (κ2) is 7.95. The average molecular weight is 424 g/mol. The van der Waals surface area contributed by atoms with Crippen LogP contribution in [0.15, 0.2) is 42.5 Å². The fourth-order valence-electron chi connectivity index (χ4n) is 3.93. The molecule has 154 valence electrons. The van der Waals surface area contributed by atoms with Crippen molar-refractivity contribution in [2.45, 2.75) is 26.2 Å². The number of aryl methyl sites for hydroxylation is 1. The highest BCUT2D eigenvalue weighted by molar-refractivity contribution is 6.32. The number of anilines is 2. The number of fused-ring (bicyclic) bond motifs is 1. The lowest BCUT2D eigenvalue weighted by molar-refractivity contribution is -0.136. The number of carbonyl (C=O) groups is 1. The molecular weight excluding hydrogens is 402 g/mol. The first-order chi connectivity index (χ1) is 14.4. The summed E-state index contributed by atoms with van der Waals surface area (Å²) in [6, 6.07) is 13.1. The molecule has 2 aromatic carbocycles. The Bertz CT molecular complexity index is 1120. The van der Waals surface area contributed by atoms with Gasteiger partial charge >= 0.3 is 5.97 Å². The lowest BCUT2D eigenvalue weighted by Crippen LogP contribution is -2.15. The van der Waals surface area contributed by atoms with Crippen LogP contribution in [0, 0.1) is 6.92 Å². The monoisotopic (exact) mass is 423 g/mol. The van der Waals surface area contributed by atoms with E-state index < -0.39 is 5.97 Å². The van der Waals surface area contributed by atoms with Crippen LogP contribution in [-0.2, 0) is 11.2 Å². The van der Waals surface area contributed by atoms with Crippen molar-refractivity contribution in [3.05, 3.63) is 64.3 Å². The zero-order chi connectivity index (χ0) is 21.4. The SMILES string of the molecule is COc1ccc(-c2nc(C)c3c(n2)N(c2ccc(CC(=O)O)cc2)CC3C)cc1Cl. The van der Waals surface area contributed by atoms with Crippen LogP contribution >= 0.6 is 11.6 Å². The van der Waals surface area contributed by atoms with E-state index in [0.29, 0.717) is 16.6 Å². The molecule has 1 N–H and O–H groups in total. The Morgan fingerprint density at radius 1 is 1.23 bits per heavy atom. The van der Waals surface area contributed by atoms with Crippen LogP contribution in [0.5, 0.6) is 5.75 Å². The second-order valence-corrected chi connectivity index (χ2v) is 7.88. The third-order valence-electron chi connectivity index (χ3n) is 5.33. The first-order valence-corrected chi connectivity index (χ1v) is 10.1. The summed E-state index contributed by atoms with van der Waals surface area (Å²) in [4.78, 5) is 22.7. The molecule has 0 saturated carbocycles. The van der Waals surface area contributed by atoms with Gasteiger partial charge < -0.3 is 14.7 Å². The molecule has 2 heterocycles. The van der Waals surface area contributed by atoms with E-state index in [4.69, 9.17) is 31.4 Å². The van der Waals surface area contributed by atoms with Gasteiger partial charge in [0.1, 0.15) is 11.6 Å². The van der Waals surface area contributed by atoms with Crippen LogP contribution in [0.2, 0.25) is 5.02 Å². The first kappa shape index (κ1) is 20.2. The highest BCUT2D eigenvalue weighted by Gasteiger charge is 2.31. The topological polar surface area (TPSA) is 75.6 Å². The molecule has 7 heteroatoms. The molecule has 0 aliphatic carbocycles. The summed E-state index contributed by atoms with van der Waals surface area (Å²) in [5, 5.41) is 9.50. The van der Waals surface area contributed by atoms with E-state index in [-0.39, 0.29) is 12.3 Å². The number of hydrogen-bond acceptors (Lipinski definition) is 5. The number of carboxylic acids is 1. The lowest BCUT2D eigenvalue weighted by atomic mass is 10.0. The molecule has 3 aromatic rings. The Morgan fingerprint density at radius 3 is 2.60 bits per heavy atom. The van der Waals surface area contributed by atoms with Crippen LogP contribution < -0.4 is 9.64 Å². The van der Waals surface area contributed by atoms with Crippen molar-refractivity contribution in [1.82, 2.24) is 9.97 Å². The minimum absolute atomic E-state index is 0.0108. The van der Waals surface area contributed by atoms with Crippen molar-refractivity contribution in [2.24, 2.45) is 0 Å². The minimum Gasteiger partial charge on any atom is -0.495 e. The molecule has 4 rings (SSSR count). The largest absolute Gasteiger partial charge is 0.495 e. The van der Waals surface area contributed by atoms with Crippen LogP contribution in [0.4, 0.5) is 11.5 Å². The summed E-state index contributed by atoms with van der Waals surface area (Å²) in [5.74, 6) is 1.54. The number of benzene rings is 2. The lowest BCUT2D eigenvalue weighted by Gasteiger charge is -2.20. The van der Waals surface area contributed by atoms with Gasteiger partial charge in [0.25, 0.3) is 0 Å². The van der Waals surface area contributed by atoms with E-state index >= 15 is 0 Å². The molecule has 0 amide bonds. The van der Waals surface area contributed by atoms with Crippen LogP contribution in [0.1, 0.15) is 29.7 Å². The molecule has 1 aliphatic rings. The third kappa shape index (κ3) is 3.71. The smallest absolute Gasteiger partial charge is 0.307 e. The Hall–Kier alpha value is -3.12. The molecule has 1 atom stereocenters. The third-order valence-corrected chi connectivity index (χ3v) is 5.63. The Morgan fingerprint density at radius 2 is 1.97 bits per heavy atom. The Kier molecular flexibility index (Phi) is 5.35. The average Bonchev–Trinajstić information content (AvgIpc) is 3.05. The van der Waals surface area contributed by atoms with Gasteiger partial charge in [0, 0.05) is 35.0 Å². The quantitative estimate of drug-likeness (QED) is 0.622. The van der Waals surface area contributed by atoms with Gasteiger partial charge in [-0.15, -0.1) is 0 Å². The number of carboxylic acid groups (broad SMARTS) is 1. The summed E-state index contributed by atoms with van der Waals surface area (Å²) >= 11 is 6.30. The van der Waals surface area contributed by atoms with Gasteiger partial charge in [-0.25, -0.2) is 9.97 Å². The van der Waals surface area contributed by atoms with Crippen molar-refractivity contribution in [2.75, 3.05) is 18.6 Å². The maximum absolute atomic E-state index is 10.9. The zero-order valence-electron chi connectivity index (χ0n) is 17.0. The van der Waals surface area contributed by atoms with Crippen molar-refractivity contribution in [3.63, 3.8) is 0 Å². The second-order valence-electron chi connectivity index (χ2n) is 7.47. The van der Waals surface area contributed by atoms with Crippen LogP contribution in [-0.4, -0.2) is 34.7 Å². The van der Waals surface area contributed by atoms with E-state index in [2.05, 4.69) is 11.8 Å². The van der Waals surface area contributed by atoms with Gasteiger partial charge in [-0.3, -0.25) is 4.79 Å². The standard InChI is InChI=1S/C23H22ClN3O3/c1-13-12-27(17-7-4-15(5-8-17)10-20(28)29)23-21(13)14(2)25-22(26-23)16-6-9-19(30-3)18(24)11-16/h4-9,11,13H,10,12H2,1-3H3,(H,28,29). The van der Waals surface area contributed by atoms with Crippen molar-refractivity contribution < 1.29 is 14.6 Å². The van der Waals surface area contributed by atoms with Gasteiger partial charge in [0.2, 0.25) is 0 Å². The molecule has 30 heavy (non-hydrogen) atoms. The highest BCUT2D eigenvalue weighted by atomic mass is 35.5. The maximum atomic E-state index is 10.9. The van der Waals surface area contributed by atoms with Gasteiger partial charge in [-0.05, 0) is 42.8 Å². The normalized spacial score (nSPS) is 15.2. The maximum Gasteiger partial charge on any atom is 0.307 e. The van der Waals surface area contributed by atoms with Gasteiger partial charge in [-0.1, -0.05) is 30.7 Å². The van der Waals surface area contributed by atoms with E-state index in [9.17, 15) is 4.79 Å². The summed E-state index contributed by atoms with van der Waals surface area (Å²) in [6.07, 6.45) is 0.0108. The van der Waals surface area contributed by atoms with E-state index in [1.54, 1.807) is 7.11 Å². The summed E-state index contributed by atoms with van der Waals surface area (Å²) in [5.41, 5.74) is 4.65. The number of halogens is 1. The fourth-order valence-corrected chi connectivity index (χ4v) is 4.19. The highest BCUT2D eigenvalue weighted by Crippen LogP contribution is 2.42. The van der Waals surface area contributed by atoms with Crippen molar-refractivity contribution in [3.8, 4) is 17.1 Å². The molecule has 1 aromatic heterocycles. The molecule has 0 fully saturated rings.